The molecule has 1 saturated carbocycles. The normalized spacial score (nSPS) is 48.2. The number of likely N-dealkylation sites (tertiary alicyclic amines) is 1. The van der Waals surface area contributed by atoms with Gasteiger partial charge in [-0.05, 0) is 32.2 Å². The van der Waals surface area contributed by atoms with Crippen molar-refractivity contribution in [2.45, 2.75) is 30.4 Å². The molecule has 0 aromatic rings. The largest absolute Gasteiger partial charge is 0.362 e. The van der Waals surface area contributed by atoms with Gasteiger partial charge in [0, 0.05) is 13.7 Å². The van der Waals surface area contributed by atoms with Gasteiger partial charge in [-0.3, -0.25) is 4.90 Å². The number of halogens is 1. The molecule has 3 atom stereocenters. The van der Waals surface area contributed by atoms with E-state index in [4.69, 9.17) is 16.3 Å². The summed E-state index contributed by atoms with van der Waals surface area (Å²) in [6.07, 6.45) is 3.61. The van der Waals surface area contributed by atoms with Crippen LogP contribution in [0.4, 0.5) is 0 Å². The maximum absolute atomic E-state index is 6.37. The van der Waals surface area contributed by atoms with E-state index in [2.05, 4.69) is 11.9 Å². The number of rotatable bonds is 1. The fraction of sp³-hybridized carbons (Fsp3) is 1.00. The van der Waals surface area contributed by atoms with Crippen LogP contribution in [0.5, 0.6) is 0 Å². The van der Waals surface area contributed by atoms with Gasteiger partial charge < -0.3 is 4.74 Å². The first-order valence-electron chi connectivity index (χ1n) is 4.61. The Hall–Kier alpha value is 0.210. The maximum atomic E-state index is 6.37. The first-order valence-corrected chi connectivity index (χ1v) is 5.05. The number of hydrogen-bond donors (Lipinski definition) is 0. The van der Waals surface area contributed by atoms with Crippen molar-refractivity contribution in [2.75, 3.05) is 20.7 Å². The SMILES string of the molecule is CO[C@]12CCC[C@@H](CN1C)[C@H]2Cl. The Kier molecular flexibility index (Phi) is 2.10. The van der Waals surface area contributed by atoms with Crippen LogP contribution in [0.25, 0.3) is 0 Å². The van der Waals surface area contributed by atoms with Gasteiger partial charge >= 0.3 is 0 Å². The van der Waals surface area contributed by atoms with Gasteiger partial charge in [0.2, 0.25) is 0 Å². The second-order valence-electron chi connectivity index (χ2n) is 3.98. The Morgan fingerprint density at radius 1 is 1.58 bits per heavy atom. The Morgan fingerprint density at radius 2 is 2.33 bits per heavy atom. The minimum Gasteiger partial charge on any atom is -0.362 e. The Morgan fingerprint density at radius 3 is 2.92 bits per heavy atom. The molecule has 2 nitrogen and oxygen atoms in total. The molecular formula is C9H16ClNO. The molecule has 0 amide bonds. The average Bonchev–Trinajstić information content (AvgIpc) is 2.23. The van der Waals surface area contributed by atoms with Crippen molar-refractivity contribution in [3.8, 4) is 0 Å². The quantitative estimate of drug-likeness (QED) is 0.582. The van der Waals surface area contributed by atoms with E-state index in [-0.39, 0.29) is 11.1 Å². The van der Waals surface area contributed by atoms with E-state index in [1.165, 1.54) is 12.8 Å². The van der Waals surface area contributed by atoms with Crippen molar-refractivity contribution in [2.24, 2.45) is 5.92 Å². The third kappa shape index (κ3) is 0.949. The van der Waals surface area contributed by atoms with Crippen LogP contribution in [0.1, 0.15) is 19.3 Å². The minimum absolute atomic E-state index is 0.148. The Balaban J connectivity index is 2.27. The highest BCUT2D eigenvalue weighted by Crippen LogP contribution is 2.46. The zero-order valence-corrected chi connectivity index (χ0v) is 8.47. The summed E-state index contributed by atoms with van der Waals surface area (Å²) in [6.45, 7) is 1.10. The van der Waals surface area contributed by atoms with Gasteiger partial charge in [0.05, 0.1) is 5.38 Å². The van der Waals surface area contributed by atoms with E-state index in [9.17, 15) is 0 Å². The van der Waals surface area contributed by atoms with Crippen LogP contribution in [0.3, 0.4) is 0 Å². The van der Waals surface area contributed by atoms with Gasteiger partial charge in [-0.25, -0.2) is 0 Å². The average molecular weight is 190 g/mol. The standard InChI is InChI=1S/C9H16ClNO/c1-11-6-7-4-3-5-9(11,12-2)8(7)10/h7-8H,3-6H2,1-2H3/t7-,8+,9-/m0/s1. The molecular weight excluding hydrogens is 174 g/mol. The lowest BCUT2D eigenvalue weighted by Gasteiger charge is -2.39. The van der Waals surface area contributed by atoms with Crippen LogP contribution < -0.4 is 0 Å². The van der Waals surface area contributed by atoms with Gasteiger partial charge in [-0.1, -0.05) is 0 Å². The topological polar surface area (TPSA) is 12.5 Å². The van der Waals surface area contributed by atoms with E-state index < -0.39 is 0 Å². The lowest BCUT2D eigenvalue weighted by molar-refractivity contribution is -0.109. The second-order valence-corrected chi connectivity index (χ2v) is 4.45. The number of ether oxygens (including phenoxy) is 1. The third-order valence-corrected chi connectivity index (χ3v) is 4.16. The molecule has 1 aliphatic carbocycles. The summed E-state index contributed by atoms with van der Waals surface area (Å²) >= 11 is 6.37. The molecule has 1 heterocycles. The van der Waals surface area contributed by atoms with Crippen LogP contribution in [-0.2, 0) is 4.74 Å². The monoisotopic (exact) mass is 189 g/mol. The summed E-state index contributed by atoms with van der Waals surface area (Å²) in [5, 5.41) is 0.196. The first-order chi connectivity index (χ1) is 5.70. The van der Waals surface area contributed by atoms with Crippen LogP contribution in [0, 0.1) is 5.92 Å². The van der Waals surface area contributed by atoms with Crippen LogP contribution in [0.15, 0.2) is 0 Å². The summed E-state index contributed by atoms with van der Waals surface area (Å²) in [6, 6.07) is 0. The molecule has 0 spiro atoms. The molecule has 70 valence electrons. The number of alkyl halides is 1. The molecule has 2 rings (SSSR count). The fourth-order valence-electron chi connectivity index (χ4n) is 2.73. The van der Waals surface area contributed by atoms with Crippen molar-refractivity contribution in [3.05, 3.63) is 0 Å². The van der Waals surface area contributed by atoms with Crippen molar-refractivity contribution >= 4 is 11.6 Å². The first kappa shape index (κ1) is 8.79. The molecule has 0 aromatic heterocycles. The Labute approximate surface area is 78.8 Å². The van der Waals surface area contributed by atoms with Crippen LogP contribution in [-0.4, -0.2) is 36.7 Å². The van der Waals surface area contributed by atoms with Crippen LogP contribution >= 0.6 is 11.6 Å². The lowest BCUT2D eigenvalue weighted by Crippen LogP contribution is -2.50. The van der Waals surface area contributed by atoms with Gasteiger partial charge in [-0.15, -0.1) is 11.6 Å². The number of nitrogens with zero attached hydrogens (tertiary/aromatic N) is 1. The summed E-state index contributed by atoms with van der Waals surface area (Å²) < 4.78 is 5.59. The summed E-state index contributed by atoms with van der Waals surface area (Å²) in [7, 11) is 3.89. The van der Waals surface area contributed by atoms with E-state index in [1.807, 2.05) is 0 Å². The van der Waals surface area contributed by atoms with Crippen LogP contribution in [0.2, 0.25) is 0 Å². The van der Waals surface area contributed by atoms with E-state index in [0.29, 0.717) is 5.92 Å². The maximum Gasteiger partial charge on any atom is 0.137 e. The van der Waals surface area contributed by atoms with E-state index in [0.717, 1.165) is 13.0 Å². The van der Waals surface area contributed by atoms with Gasteiger partial charge in [0.1, 0.15) is 5.72 Å². The van der Waals surface area contributed by atoms with E-state index in [1.54, 1.807) is 7.11 Å². The van der Waals surface area contributed by atoms with E-state index >= 15 is 0 Å². The molecule has 0 unspecified atom stereocenters. The predicted molar refractivity (Wildman–Crippen MR) is 49.4 cm³/mol. The molecule has 2 bridgehead atoms. The number of methoxy groups -OCH3 is 1. The summed E-state index contributed by atoms with van der Waals surface area (Å²) in [5.74, 6) is 0.644. The van der Waals surface area contributed by atoms with Gasteiger partial charge in [0.25, 0.3) is 0 Å². The number of hydrogen-bond acceptors (Lipinski definition) is 2. The summed E-state index contributed by atoms with van der Waals surface area (Å²) in [4.78, 5) is 2.28. The Bertz CT molecular complexity index is 187. The molecule has 0 radical (unpaired) electrons. The van der Waals surface area contributed by atoms with Crippen molar-refractivity contribution < 1.29 is 4.74 Å². The number of fused-ring (bicyclic) bond motifs is 2. The third-order valence-electron chi connectivity index (χ3n) is 3.46. The predicted octanol–water partition coefficient (Wildman–Crippen LogP) is 1.68. The molecule has 1 aliphatic heterocycles. The fourth-order valence-corrected chi connectivity index (χ4v) is 3.30. The van der Waals surface area contributed by atoms with Crippen molar-refractivity contribution in [3.63, 3.8) is 0 Å². The molecule has 12 heavy (non-hydrogen) atoms. The van der Waals surface area contributed by atoms with Gasteiger partial charge in [0.15, 0.2) is 0 Å². The highest BCUT2D eigenvalue weighted by atomic mass is 35.5. The zero-order valence-electron chi connectivity index (χ0n) is 7.72. The molecule has 3 heteroatoms. The lowest BCUT2D eigenvalue weighted by atomic mass is 9.87. The molecule has 0 aromatic carbocycles. The molecule has 0 N–H and O–H groups in total. The highest BCUT2D eigenvalue weighted by molar-refractivity contribution is 6.21. The molecule has 1 saturated heterocycles. The summed E-state index contributed by atoms with van der Waals surface area (Å²) in [5.41, 5.74) is -0.148. The minimum atomic E-state index is -0.148. The van der Waals surface area contributed by atoms with Gasteiger partial charge in [-0.2, -0.15) is 0 Å². The van der Waals surface area contributed by atoms with Crippen molar-refractivity contribution in [1.29, 1.82) is 0 Å². The molecule has 2 aliphatic rings. The van der Waals surface area contributed by atoms with Crippen molar-refractivity contribution in [1.82, 2.24) is 4.90 Å². The second kappa shape index (κ2) is 2.86. The molecule has 2 fully saturated rings. The highest BCUT2D eigenvalue weighted by Gasteiger charge is 2.53. The smallest absolute Gasteiger partial charge is 0.137 e. The zero-order chi connectivity index (χ0) is 8.77.